The Morgan fingerprint density at radius 2 is 2.17 bits per heavy atom. The van der Waals surface area contributed by atoms with E-state index >= 15 is 0 Å². The van der Waals surface area contributed by atoms with Crippen molar-refractivity contribution >= 4 is 5.84 Å². The summed E-state index contributed by atoms with van der Waals surface area (Å²) < 4.78 is 5.98. The third kappa shape index (κ3) is 3.57. The molecule has 0 radical (unpaired) electrons. The van der Waals surface area contributed by atoms with E-state index in [1.165, 1.54) is 24.0 Å². The summed E-state index contributed by atoms with van der Waals surface area (Å²) in [5.41, 5.74) is 8.14. The SMILES string of the molecule is N=C(N)CCCCOC1CCCc2ccccc21. The van der Waals surface area contributed by atoms with Crippen LogP contribution in [0.3, 0.4) is 0 Å². The van der Waals surface area contributed by atoms with Crippen molar-refractivity contribution in [1.82, 2.24) is 0 Å². The summed E-state index contributed by atoms with van der Waals surface area (Å²) in [6.07, 6.45) is 6.42. The summed E-state index contributed by atoms with van der Waals surface area (Å²) >= 11 is 0. The van der Waals surface area contributed by atoms with Crippen LogP contribution in [0.5, 0.6) is 0 Å². The van der Waals surface area contributed by atoms with Gasteiger partial charge in [-0.3, -0.25) is 5.41 Å². The number of fused-ring (bicyclic) bond motifs is 1. The molecule has 1 aromatic carbocycles. The number of rotatable bonds is 6. The minimum atomic E-state index is 0.271. The van der Waals surface area contributed by atoms with Crippen molar-refractivity contribution in [3.05, 3.63) is 35.4 Å². The molecule has 0 aliphatic heterocycles. The van der Waals surface area contributed by atoms with Crippen LogP contribution >= 0.6 is 0 Å². The van der Waals surface area contributed by atoms with Crippen molar-refractivity contribution in [1.29, 1.82) is 5.41 Å². The maximum atomic E-state index is 7.16. The van der Waals surface area contributed by atoms with E-state index in [-0.39, 0.29) is 11.9 Å². The van der Waals surface area contributed by atoms with Gasteiger partial charge in [-0.2, -0.15) is 0 Å². The Labute approximate surface area is 109 Å². The Hall–Kier alpha value is -1.35. The second-order valence-electron chi connectivity index (χ2n) is 4.93. The molecule has 0 fully saturated rings. The lowest BCUT2D eigenvalue weighted by Gasteiger charge is -2.25. The highest BCUT2D eigenvalue weighted by Crippen LogP contribution is 2.32. The predicted molar refractivity (Wildman–Crippen MR) is 73.8 cm³/mol. The number of nitrogens with two attached hydrogens (primary N) is 1. The Morgan fingerprint density at radius 1 is 1.33 bits per heavy atom. The zero-order chi connectivity index (χ0) is 12.8. The lowest BCUT2D eigenvalue weighted by Crippen LogP contribution is -2.14. The lowest BCUT2D eigenvalue weighted by atomic mass is 9.89. The first-order valence-corrected chi connectivity index (χ1v) is 6.79. The molecule has 3 nitrogen and oxygen atoms in total. The molecule has 3 N–H and O–H groups in total. The number of ether oxygens (including phenoxy) is 1. The molecule has 0 saturated carbocycles. The van der Waals surface area contributed by atoms with Crippen LogP contribution in [0.1, 0.15) is 49.3 Å². The second kappa shape index (κ2) is 6.55. The molecule has 0 amide bonds. The molecule has 2 rings (SSSR count). The van der Waals surface area contributed by atoms with Gasteiger partial charge < -0.3 is 10.5 Å². The number of nitrogens with one attached hydrogen (secondary N) is 1. The van der Waals surface area contributed by atoms with E-state index in [9.17, 15) is 0 Å². The van der Waals surface area contributed by atoms with Gasteiger partial charge >= 0.3 is 0 Å². The number of amidine groups is 1. The number of hydrogen-bond donors (Lipinski definition) is 2. The number of hydrogen-bond acceptors (Lipinski definition) is 2. The summed E-state index contributed by atoms with van der Waals surface area (Å²) in [6, 6.07) is 8.60. The number of benzene rings is 1. The van der Waals surface area contributed by atoms with Gasteiger partial charge in [-0.05, 0) is 43.2 Å². The largest absolute Gasteiger partial charge is 0.388 e. The van der Waals surface area contributed by atoms with Gasteiger partial charge in [0.25, 0.3) is 0 Å². The molecule has 0 aromatic heterocycles. The third-order valence-electron chi connectivity index (χ3n) is 3.47. The first kappa shape index (κ1) is 13.1. The highest BCUT2D eigenvalue weighted by molar-refractivity contribution is 5.76. The maximum Gasteiger partial charge on any atom is 0.0905 e. The summed E-state index contributed by atoms with van der Waals surface area (Å²) in [5.74, 6) is 0.276. The van der Waals surface area contributed by atoms with Gasteiger partial charge in [-0.1, -0.05) is 24.3 Å². The molecular weight excluding hydrogens is 224 g/mol. The first-order valence-electron chi connectivity index (χ1n) is 6.79. The molecule has 18 heavy (non-hydrogen) atoms. The fourth-order valence-electron chi connectivity index (χ4n) is 2.53. The van der Waals surface area contributed by atoms with Crippen molar-refractivity contribution in [2.75, 3.05) is 6.61 Å². The third-order valence-corrected chi connectivity index (χ3v) is 3.47. The Bertz CT molecular complexity index is 403. The number of unbranched alkanes of at least 4 members (excludes halogenated alkanes) is 1. The molecule has 0 spiro atoms. The maximum absolute atomic E-state index is 7.16. The van der Waals surface area contributed by atoms with Crippen LogP contribution in [-0.4, -0.2) is 12.4 Å². The van der Waals surface area contributed by atoms with E-state index in [1.807, 2.05) is 0 Å². The van der Waals surface area contributed by atoms with Gasteiger partial charge in [0, 0.05) is 13.0 Å². The molecule has 3 heteroatoms. The minimum absolute atomic E-state index is 0.271. The molecule has 98 valence electrons. The van der Waals surface area contributed by atoms with Crippen LogP contribution in [0.15, 0.2) is 24.3 Å². The fourth-order valence-corrected chi connectivity index (χ4v) is 2.53. The molecule has 1 aromatic rings. The topological polar surface area (TPSA) is 59.1 Å². The van der Waals surface area contributed by atoms with Crippen molar-refractivity contribution < 1.29 is 4.74 Å². The second-order valence-corrected chi connectivity index (χ2v) is 4.93. The molecule has 1 aliphatic carbocycles. The molecule has 1 unspecified atom stereocenters. The zero-order valence-corrected chi connectivity index (χ0v) is 10.8. The van der Waals surface area contributed by atoms with E-state index in [1.54, 1.807) is 0 Å². The molecule has 0 saturated heterocycles. The highest BCUT2D eigenvalue weighted by Gasteiger charge is 2.19. The van der Waals surface area contributed by atoms with Crippen LogP contribution in [0.25, 0.3) is 0 Å². The Balaban J connectivity index is 1.79. The highest BCUT2D eigenvalue weighted by atomic mass is 16.5. The Kier molecular flexibility index (Phi) is 4.76. The van der Waals surface area contributed by atoms with Gasteiger partial charge in [0.1, 0.15) is 0 Å². The smallest absolute Gasteiger partial charge is 0.0905 e. The summed E-state index contributed by atoms with van der Waals surface area (Å²) in [4.78, 5) is 0. The number of aryl methyl sites for hydroxylation is 1. The summed E-state index contributed by atoms with van der Waals surface area (Å²) in [7, 11) is 0. The lowest BCUT2D eigenvalue weighted by molar-refractivity contribution is 0.0387. The monoisotopic (exact) mass is 246 g/mol. The summed E-state index contributed by atoms with van der Waals surface area (Å²) in [5, 5.41) is 7.16. The normalized spacial score (nSPS) is 18.3. The van der Waals surface area contributed by atoms with E-state index in [0.29, 0.717) is 6.42 Å². The van der Waals surface area contributed by atoms with Crippen molar-refractivity contribution in [3.8, 4) is 0 Å². The molecule has 0 bridgehead atoms. The van der Waals surface area contributed by atoms with Crippen LogP contribution < -0.4 is 5.73 Å². The van der Waals surface area contributed by atoms with Gasteiger partial charge in [-0.25, -0.2) is 0 Å². The van der Waals surface area contributed by atoms with Gasteiger partial charge in [0.15, 0.2) is 0 Å². The van der Waals surface area contributed by atoms with E-state index in [0.717, 1.165) is 25.9 Å². The van der Waals surface area contributed by atoms with Crippen LogP contribution in [-0.2, 0) is 11.2 Å². The quantitative estimate of drug-likeness (QED) is 0.460. The van der Waals surface area contributed by atoms with Gasteiger partial charge in [0.05, 0.1) is 11.9 Å². The van der Waals surface area contributed by atoms with E-state index in [2.05, 4.69) is 24.3 Å². The predicted octanol–water partition coefficient (Wildman–Crippen LogP) is 3.19. The molecule has 1 aliphatic rings. The molecule has 0 heterocycles. The van der Waals surface area contributed by atoms with Crippen LogP contribution in [0.4, 0.5) is 0 Å². The average Bonchev–Trinajstić information content (AvgIpc) is 2.38. The van der Waals surface area contributed by atoms with E-state index in [4.69, 9.17) is 15.9 Å². The van der Waals surface area contributed by atoms with Crippen LogP contribution in [0.2, 0.25) is 0 Å². The zero-order valence-electron chi connectivity index (χ0n) is 10.8. The average molecular weight is 246 g/mol. The van der Waals surface area contributed by atoms with Crippen LogP contribution in [0, 0.1) is 5.41 Å². The standard InChI is InChI=1S/C15H22N2O/c16-15(17)10-3-4-11-18-14-9-5-7-12-6-1-2-8-13(12)14/h1-2,6,8,14H,3-5,7,9-11H2,(H3,16,17). The van der Waals surface area contributed by atoms with Crippen molar-refractivity contribution in [3.63, 3.8) is 0 Å². The Morgan fingerprint density at radius 3 is 3.00 bits per heavy atom. The van der Waals surface area contributed by atoms with E-state index < -0.39 is 0 Å². The van der Waals surface area contributed by atoms with Crippen molar-refractivity contribution in [2.45, 2.75) is 44.6 Å². The molecular formula is C15H22N2O. The summed E-state index contributed by atoms with van der Waals surface area (Å²) in [6.45, 7) is 0.770. The molecule has 1 atom stereocenters. The first-order chi connectivity index (χ1) is 8.77. The minimum Gasteiger partial charge on any atom is -0.388 e. The van der Waals surface area contributed by atoms with Crippen molar-refractivity contribution in [2.24, 2.45) is 5.73 Å². The van der Waals surface area contributed by atoms with Gasteiger partial charge in [0.2, 0.25) is 0 Å². The fraction of sp³-hybridized carbons (Fsp3) is 0.533. The van der Waals surface area contributed by atoms with Gasteiger partial charge in [-0.15, -0.1) is 0 Å².